The Bertz CT molecular complexity index is 1580. The molecule has 50 heavy (non-hydrogen) atoms. The number of esters is 1. The zero-order chi connectivity index (χ0) is 35.5. The molecule has 5 aliphatic heterocycles. The summed E-state index contributed by atoms with van der Waals surface area (Å²) in [7, 11) is 0. The van der Waals surface area contributed by atoms with Gasteiger partial charge in [0, 0.05) is 29.0 Å². The van der Waals surface area contributed by atoms with E-state index < -0.39 is 88.7 Å². The van der Waals surface area contributed by atoms with E-state index >= 15 is 0 Å². The van der Waals surface area contributed by atoms with E-state index in [1.165, 1.54) is 5.54 Å². The number of carbonyl (C=O) groups is 1. The zero-order valence-corrected chi connectivity index (χ0v) is 30.1. The van der Waals surface area contributed by atoms with Crippen molar-refractivity contribution < 1.29 is 48.9 Å². The summed E-state index contributed by atoms with van der Waals surface area (Å²) in [6.45, 7) is 7.06. The Hall–Kier alpha value is -1.86. The fourth-order valence-corrected chi connectivity index (χ4v) is 11.1. The van der Waals surface area contributed by atoms with Crippen LogP contribution >= 0.6 is 11.6 Å². The topological polar surface area (TPSA) is 147 Å². The van der Waals surface area contributed by atoms with Gasteiger partial charge in [0.1, 0.15) is 34.6 Å². The third-order valence-electron chi connectivity index (χ3n) is 13.4. The van der Waals surface area contributed by atoms with Crippen LogP contribution in [0.15, 0.2) is 53.1 Å². The number of hydrogen-bond acceptors (Lipinski definition) is 10. The number of halogens is 1. The fourth-order valence-electron chi connectivity index (χ4n) is 10.9. The highest BCUT2D eigenvalue weighted by atomic mass is 35.5. The maximum Gasteiger partial charge on any atom is 0.313 e. The van der Waals surface area contributed by atoms with Gasteiger partial charge in [-0.1, -0.05) is 101 Å². The highest BCUT2D eigenvalue weighted by Crippen LogP contribution is 2.74. The lowest BCUT2D eigenvalue weighted by Crippen LogP contribution is -2.88. The van der Waals surface area contributed by atoms with E-state index in [0.717, 1.165) is 38.5 Å². The van der Waals surface area contributed by atoms with E-state index in [0.29, 0.717) is 29.6 Å². The summed E-state index contributed by atoms with van der Waals surface area (Å²) in [5.41, 5.74) is -5.57. The molecule has 10 nitrogen and oxygen atoms in total. The lowest BCUT2D eigenvalue weighted by molar-refractivity contribution is -0.583. The predicted molar refractivity (Wildman–Crippen MR) is 181 cm³/mol. The molecule has 1 aromatic rings. The van der Waals surface area contributed by atoms with Gasteiger partial charge in [-0.2, -0.15) is 0 Å². The molecular weight excluding hydrogens is 664 g/mol. The maximum atomic E-state index is 13.7. The number of rotatable bonds is 2. The molecule has 3 aliphatic carbocycles. The molecule has 8 aliphatic rings. The normalized spacial score (nSPS) is 52.4. The quantitative estimate of drug-likeness (QED) is 0.250. The average Bonchev–Trinajstić information content (AvgIpc) is 3.73. The molecular formula is C39H51ClO10. The first-order chi connectivity index (χ1) is 23.7. The number of ether oxygens (including phenoxy) is 5. The first-order valence-electron chi connectivity index (χ1n) is 18.5. The minimum absolute atomic E-state index is 0.0813. The number of epoxide rings is 1. The van der Waals surface area contributed by atoms with E-state index in [9.17, 15) is 25.2 Å². The molecule has 5 heterocycles. The second-order valence-corrected chi connectivity index (χ2v) is 16.9. The number of fused-ring (bicyclic) bond motifs is 1. The molecule has 4 N–H and O–H groups in total. The van der Waals surface area contributed by atoms with Crippen molar-refractivity contribution in [3.63, 3.8) is 0 Å². The van der Waals surface area contributed by atoms with Gasteiger partial charge in [-0.15, -0.1) is 0 Å². The van der Waals surface area contributed by atoms with Crippen LogP contribution in [0.2, 0.25) is 0 Å². The Balaban J connectivity index is 1.35. The Kier molecular flexibility index (Phi) is 8.32. The van der Waals surface area contributed by atoms with Crippen molar-refractivity contribution in [2.45, 2.75) is 144 Å². The lowest BCUT2D eigenvalue weighted by atomic mass is 9.50. The van der Waals surface area contributed by atoms with Crippen LogP contribution < -0.4 is 0 Å². The van der Waals surface area contributed by atoms with Crippen molar-refractivity contribution in [2.75, 3.05) is 6.61 Å². The largest absolute Gasteiger partial charge is 0.454 e. The highest BCUT2D eigenvalue weighted by Gasteiger charge is 2.88. The third kappa shape index (κ3) is 4.65. The molecule has 2 saturated carbocycles. The summed E-state index contributed by atoms with van der Waals surface area (Å²) in [6.07, 6.45) is 4.25. The van der Waals surface area contributed by atoms with Crippen molar-refractivity contribution in [1.82, 2.24) is 0 Å². The van der Waals surface area contributed by atoms with Crippen molar-refractivity contribution >= 4 is 17.6 Å². The number of hydrogen-bond donors (Lipinski definition) is 4. The van der Waals surface area contributed by atoms with E-state index in [1.807, 2.05) is 44.2 Å². The molecule has 1 spiro atoms. The molecule has 0 radical (unpaired) electrons. The van der Waals surface area contributed by atoms with Crippen molar-refractivity contribution in [1.29, 1.82) is 0 Å². The molecule has 5 saturated heterocycles. The van der Waals surface area contributed by atoms with Gasteiger partial charge in [0.25, 0.3) is 0 Å². The van der Waals surface area contributed by atoms with Crippen molar-refractivity contribution in [3.8, 4) is 0 Å². The van der Waals surface area contributed by atoms with Gasteiger partial charge < -0.3 is 44.1 Å². The van der Waals surface area contributed by atoms with E-state index in [4.69, 9.17) is 35.3 Å². The Morgan fingerprint density at radius 2 is 1.60 bits per heavy atom. The molecule has 1 aromatic carbocycles. The van der Waals surface area contributed by atoms with Gasteiger partial charge in [-0.05, 0) is 37.3 Å². The Morgan fingerprint density at radius 1 is 0.920 bits per heavy atom. The standard InChI is InChI=1S/C39H51ClO10/c1-22-13-9-6-5-7-10-14-23(2)33(42)46-30-25(19-40)17-27-36(30,44)20-35(21-41)31(47-35)28-32-38(45,34(4,43)18-22)29-24(3)37(27,28)50-39(48-29,49-32)26-15-11-8-12-16-26/h8,11-12,15-17,19,22-24,28-32,41,43-45H,5-7,9-10,13-14,18,20-21H2,1-4H3/b25-19+/t22?,23?,24-,28+,29+,30+,31+,32-,34?,35+,36-,37+,38+,39?/m1/s1. The van der Waals surface area contributed by atoms with Gasteiger partial charge >= 0.3 is 11.9 Å². The second kappa shape index (κ2) is 11.8. The van der Waals surface area contributed by atoms with Crippen LogP contribution in [0, 0.1) is 23.7 Å². The highest BCUT2D eigenvalue weighted by molar-refractivity contribution is 6.26. The molecule has 14 atom stereocenters. The summed E-state index contributed by atoms with van der Waals surface area (Å²) in [5, 5.41) is 49.9. The zero-order valence-electron chi connectivity index (χ0n) is 29.3. The van der Waals surface area contributed by atoms with Gasteiger partial charge in [-0.25, -0.2) is 0 Å². The SMILES string of the molecule is CC1CCCCCCCC(C)C(=O)O[C@H]2/C(=C/Cl)C=C3[C@]45OC6(c7ccccc7)O[C@H]([C@@H]4[C@@H]4O[C@]4(CO)C[C@@]32O)[C@@](O)([C@@H](O6)[C@H]5C)C(C)(O)C1. The predicted octanol–water partition coefficient (Wildman–Crippen LogP) is 4.74. The molecule has 4 unspecified atom stereocenters. The number of aliphatic hydroxyl groups is 4. The van der Waals surface area contributed by atoms with Gasteiger partial charge in [0.05, 0.1) is 30.1 Å². The summed E-state index contributed by atoms with van der Waals surface area (Å²) in [4.78, 5) is 13.7. The molecule has 0 aromatic heterocycles. The van der Waals surface area contributed by atoms with Crippen LogP contribution in [0.25, 0.3) is 0 Å². The van der Waals surface area contributed by atoms with Crippen LogP contribution in [-0.2, 0) is 34.5 Å². The maximum absolute atomic E-state index is 13.7. The molecule has 9 bridgehead atoms. The summed E-state index contributed by atoms with van der Waals surface area (Å²) in [5.74, 6) is -4.09. The van der Waals surface area contributed by atoms with E-state index in [1.54, 1.807) is 13.0 Å². The first kappa shape index (κ1) is 35.2. The van der Waals surface area contributed by atoms with Crippen LogP contribution in [-0.4, -0.2) is 85.4 Å². The van der Waals surface area contributed by atoms with Crippen LogP contribution in [0.3, 0.4) is 0 Å². The minimum Gasteiger partial charge on any atom is -0.454 e. The van der Waals surface area contributed by atoms with Gasteiger partial charge in [0.2, 0.25) is 0 Å². The van der Waals surface area contributed by atoms with Gasteiger partial charge in [-0.3, -0.25) is 4.79 Å². The number of aliphatic hydroxyl groups excluding tert-OH is 1. The molecule has 11 heteroatoms. The van der Waals surface area contributed by atoms with E-state index in [2.05, 4.69) is 6.92 Å². The molecule has 0 amide bonds. The summed E-state index contributed by atoms with van der Waals surface area (Å²) in [6, 6.07) is 9.18. The van der Waals surface area contributed by atoms with E-state index in [-0.39, 0.29) is 12.3 Å². The average molecular weight is 715 g/mol. The second-order valence-electron chi connectivity index (χ2n) is 16.7. The fraction of sp³-hybridized carbons (Fsp3) is 0.718. The lowest BCUT2D eigenvalue weighted by Gasteiger charge is -2.73. The Morgan fingerprint density at radius 3 is 2.30 bits per heavy atom. The van der Waals surface area contributed by atoms with Crippen molar-refractivity contribution in [2.24, 2.45) is 23.7 Å². The summed E-state index contributed by atoms with van der Waals surface area (Å²) < 4.78 is 33.5. The molecule has 9 rings (SSSR count). The van der Waals surface area contributed by atoms with Crippen molar-refractivity contribution in [3.05, 3.63) is 58.7 Å². The number of benzene rings is 1. The van der Waals surface area contributed by atoms with Crippen LogP contribution in [0.5, 0.6) is 0 Å². The third-order valence-corrected chi connectivity index (χ3v) is 13.7. The number of carbonyl (C=O) groups excluding carboxylic acids is 1. The molecule has 7 fully saturated rings. The smallest absolute Gasteiger partial charge is 0.313 e. The Labute approximate surface area is 298 Å². The minimum atomic E-state index is -1.95. The van der Waals surface area contributed by atoms with Gasteiger partial charge in [0.15, 0.2) is 6.10 Å². The van der Waals surface area contributed by atoms with Crippen LogP contribution in [0.1, 0.15) is 91.0 Å². The summed E-state index contributed by atoms with van der Waals surface area (Å²) >= 11 is 6.48. The van der Waals surface area contributed by atoms with Crippen LogP contribution in [0.4, 0.5) is 0 Å². The first-order valence-corrected chi connectivity index (χ1v) is 19.0. The monoisotopic (exact) mass is 714 g/mol. The molecule has 274 valence electrons.